The predicted molar refractivity (Wildman–Crippen MR) is 218 cm³/mol. The molecule has 0 aliphatic heterocycles. The zero-order chi connectivity index (χ0) is 42.9. The number of aliphatic carboxylic acids is 1. The van der Waals surface area contributed by atoms with Crippen LogP contribution in [0.15, 0.2) is 15.7 Å². The van der Waals surface area contributed by atoms with Crippen molar-refractivity contribution in [3.63, 3.8) is 0 Å². The smallest absolute Gasteiger partial charge is 0.309 e. The van der Waals surface area contributed by atoms with E-state index in [0.717, 1.165) is 56.1 Å². The van der Waals surface area contributed by atoms with Gasteiger partial charge in [-0.2, -0.15) is 0 Å². The Morgan fingerprint density at radius 1 is 0.862 bits per heavy atom. The average Bonchev–Trinajstić information content (AvgIpc) is 3.59. The lowest BCUT2D eigenvalue weighted by Crippen LogP contribution is -2.68. The maximum absolute atomic E-state index is 14.4. The van der Waals surface area contributed by atoms with Crippen molar-refractivity contribution in [2.75, 3.05) is 0 Å². The maximum atomic E-state index is 14.4. The summed E-state index contributed by atoms with van der Waals surface area (Å²) in [5.74, 6) is -1.36. The molecule has 1 aromatic heterocycles. The number of aryl methyl sites for hydroxylation is 2. The zero-order valence-electron chi connectivity index (χ0n) is 37.4. The number of ether oxygens (including phenoxy) is 1. The molecule has 0 bridgehead atoms. The number of carbonyl (C=O) groups excluding carboxylic acids is 4. The monoisotopic (exact) mass is 804 g/mol. The molecule has 11 heteroatoms. The predicted octanol–water partition coefficient (Wildman–Crippen LogP) is 8.31. The molecule has 0 aromatic carbocycles. The number of carboxylic acids is 1. The molecule has 10 atom stereocenters. The highest BCUT2D eigenvalue weighted by molar-refractivity contribution is 6.04. The number of fused-ring (bicyclic) bond motifs is 7. The summed E-state index contributed by atoms with van der Waals surface area (Å²) in [5, 5.41) is 20.0. The molecule has 0 radical (unpaired) electrons. The first-order valence-electron chi connectivity index (χ1n) is 22.0. The third-order valence-electron chi connectivity index (χ3n) is 18.1. The third kappa shape index (κ3) is 5.91. The van der Waals surface area contributed by atoms with Crippen LogP contribution < -0.4 is 10.6 Å². The molecule has 320 valence electrons. The first-order chi connectivity index (χ1) is 26.7. The van der Waals surface area contributed by atoms with Gasteiger partial charge in [0.15, 0.2) is 5.78 Å². The Kier molecular flexibility index (Phi) is 9.92. The molecule has 58 heavy (non-hydrogen) atoms. The van der Waals surface area contributed by atoms with E-state index in [1.165, 1.54) is 0 Å². The number of carboxylic acid groups (broad SMARTS) is 1. The van der Waals surface area contributed by atoms with E-state index >= 15 is 0 Å². The fraction of sp³-hybridized carbons (Fsp3) is 0.787. The topological polar surface area (TPSA) is 165 Å². The van der Waals surface area contributed by atoms with Gasteiger partial charge in [0, 0.05) is 11.8 Å². The number of nitrogens with one attached hydrogen (secondary N) is 2. The highest BCUT2D eigenvalue weighted by Crippen LogP contribution is 2.76. The van der Waals surface area contributed by atoms with Crippen molar-refractivity contribution in [2.45, 2.75) is 171 Å². The van der Waals surface area contributed by atoms with Crippen LogP contribution in [0.4, 0.5) is 0 Å². The Morgan fingerprint density at radius 2 is 1.53 bits per heavy atom. The number of allylic oxidation sites excluding steroid dienone is 1. The molecule has 0 saturated heterocycles. The molecule has 5 fully saturated rings. The zero-order valence-corrected chi connectivity index (χ0v) is 37.4. The van der Waals surface area contributed by atoms with Crippen molar-refractivity contribution in [3.05, 3.63) is 28.2 Å². The van der Waals surface area contributed by atoms with Gasteiger partial charge in [0.05, 0.1) is 23.1 Å². The second kappa shape index (κ2) is 13.5. The normalized spacial score (nSPS) is 38.8. The highest BCUT2D eigenvalue weighted by Gasteiger charge is 2.71. The Balaban J connectivity index is 1.14. The van der Waals surface area contributed by atoms with Gasteiger partial charge >= 0.3 is 11.9 Å². The minimum Gasteiger partial charge on any atom is -0.481 e. The van der Waals surface area contributed by atoms with Gasteiger partial charge in [-0.05, 0) is 142 Å². The van der Waals surface area contributed by atoms with Gasteiger partial charge in [0.1, 0.15) is 23.0 Å². The van der Waals surface area contributed by atoms with Crippen molar-refractivity contribution < 1.29 is 38.3 Å². The van der Waals surface area contributed by atoms with Crippen LogP contribution in [0.1, 0.15) is 162 Å². The molecule has 6 aliphatic carbocycles. The molecule has 1 aromatic rings. The van der Waals surface area contributed by atoms with E-state index in [4.69, 9.17) is 9.26 Å². The first kappa shape index (κ1) is 42.6. The van der Waals surface area contributed by atoms with Crippen LogP contribution in [0, 0.1) is 76.4 Å². The van der Waals surface area contributed by atoms with E-state index in [1.807, 2.05) is 13.8 Å². The van der Waals surface area contributed by atoms with Crippen LogP contribution in [-0.4, -0.2) is 57.0 Å². The fourth-order valence-corrected chi connectivity index (χ4v) is 14.5. The number of Topliss-reactive ketones (excluding diaryl/α,β-unsaturated/α-hetero) is 1. The molecular weight excluding hydrogens is 735 g/mol. The standard InChI is InChI=1S/C47H69N3O8/c1-24(2)34-30(51)23-47(49-40(56)43(9,10)48-37(52)35-25(3)50-58-26(35)4)21-20-45(12)27(36(34)47)14-15-32-44(11)18-17-33(42(7,8)31(44)16-19-46(32,45)13)57-39(55)29-22-28(38(53)54)41(29,5)6/h24,27-29,31-33H,14-23H2,1-13H3,(H,48,52)(H,49,56)(H,53,54)/t27-,28+,29?,31+,32-,33+,44+,45-,46-,47-/m1/s1. The summed E-state index contributed by atoms with van der Waals surface area (Å²) in [6, 6.07) is 0. The lowest BCUT2D eigenvalue weighted by Gasteiger charge is -2.72. The molecule has 6 aliphatic rings. The maximum Gasteiger partial charge on any atom is 0.309 e. The number of amides is 2. The summed E-state index contributed by atoms with van der Waals surface area (Å²) in [6.07, 6.45) is 7.61. The molecule has 7 rings (SSSR count). The van der Waals surface area contributed by atoms with Crippen LogP contribution in [0.2, 0.25) is 0 Å². The van der Waals surface area contributed by atoms with Crippen molar-refractivity contribution in [2.24, 2.45) is 62.6 Å². The Morgan fingerprint density at radius 3 is 2.12 bits per heavy atom. The van der Waals surface area contributed by atoms with Crippen LogP contribution in [0.3, 0.4) is 0 Å². The van der Waals surface area contributed by atoms with Crippen LogP contribution in [0.5, 0.6) is 0 Å². The molecule has 0 spiro atoms. The summed E-state index contributed by atoms with van der Waals surface area (Å²) >= 11 is 0. The summed E-state index contributed by atoms with van der Waals surface area (Å²) in [6.45, 7) is 26.8. The van der Waals surface area contributed by atoms with Gasteiger partial charge in [-0.25, -0.2) is 0 Å². The first-order valence-corrected chi connectivity index (χ1v) is 22.0. The number of hydrogen-bond acceptors (Lipinski definition) is 8. The lowest BCUT2D eigenvalue weighted by atomic mass is 9.33. The van der Waals surface area contributed by atoms with Gasteiger partial charge in [-0.1, -0.05) is 67.5 Å². The molecule has 1 unspecified atom stereocenters. The van der Waals surface area contributed by atoms with Crippen molar-refractivity contribution in [3.8, 4) is 0 Å². The van der Waals surface area contributed by atoms with Gasteiger partial charge < -0.3 is 25.0 Å². The minimum atomic E-state index is -1.27. The SMILES string of the molecule is Cc1noc(C)c1C(=O)NC(C)(C)C(=O)N[C@@]12CC[C@]3(C)[C@H](CC[C@@H]4[C@@]5(C)CC[C@H](OC(=O)C6C[C@@H](C(=O)O)C6(C)C)C(C)(C)[C@@H]5CC[C@]43C)C1=C(C(C)C)C(=O)C2. The Bertz CT molecular complexity index is 1950. The highest BCUT2D eigenvalue weighted by atomic mass is 16.5. The summed E-state index contributed by atoms with van der Waals surface area (Å²) < 4.78 is 11.6. The number of carbonyl (C=O) groups is 5. The quantitative estimate of drug-likeness (QED) is 0.219. The molecule has 11 nitrogen and oxygen atoms in total. The van der Waals surface area contributed by atoms with Gasteiger partial charge in [0.25, 0.3) is 5.91 Å². The largest absolute Gasteiger partial charge is 0.481 e. The molecular formula is C47H69N3O8. The van der Waals surface area contributed by atoms with Gasteiger partial charge in [0.2, 0.25) is 5.91 Å². The molecule has 3 N–H and O–H groups in total. The molecule has 2 amide bonds. The molecule has 1 heterocycles. The molecule has 5 saturated carbocycles. The second-order valence-corrected chi connectivity index (χ2v) is 22.3. The van der Waals surface area contributed by atoms with Crippen LogP contribution in [-0.2, 0) is 23.9 Å². The van der Waals surface area contributed by atoms with E-state index < -0.39 is 40.2 Å². The number of ketones is 1. The van der Waals surface area contributed by atoms with Gasteiger partial charge in [-0.3, -0.25) is 24.0 Å². The number of hydrogen-bond donors (Lipinski definition) is 3. The number of nitrogens with zero attached hydrogens (tertiary/aromatic N) is 1. The summed E-state index contributed by atoms with van der Waals surface area (Å²) in [5.41, 5.74) is -0.298. The van der Waals surface area contributed by atoms with E-state index in [-0.39, 0.29) is 63.7 Å². The van der Waals surface area contributed by atoms with Crippen molar-refractivity contribution >= 4 is 29.5 Å². The van der Waals surface area contributed by atoms with E-state index in [0.29, 0.717) is 41.7 Å². The van der Waals surface area contributed by atoms with Gasteiger partial charge in [-0.15, -0.1) is 0 Å². The lowest BCUT2D eigenvalue weighted by molar-refractivity contribution is -0.235. The number of esters is 1. The average molecular weight is 804 g/mol. The summed E-state index contributed by atoms with van der Waals surface area (Å²) in [4.78, 5) is 67.4. The minimum absolute atomic E-state index is 0.00831. The fourth-order valence-electron chi connectivity index (χ4n) is 14.5. The van der Waals surface area contributed by atoms with Crippen molar-refractivity contribution in [1.82, 2.24) is 15.8 Å². The van der Waals surface area contributed by atoms with Crippen LogP contribution in [0.25, 0.3) is 0 Å². The van der Waals surface area contributed by atoms with E-state index in [2.05, 4.69) is 64.3 Å². The second-order valence-electron chi connectivity index (χ2n) is 22.3. The summed E-state index contributed by atoms with van der Waals surface area (Å²) in [7, 11) is 0. The van der Waals surface area contributed by atoms with E-state index in [9.17, 15) is 29.1 Å². The Hall–Kier alpha value is -3.50. The Labute approximate surface area is 345 Å². The van der Waals surface area contributed by atoms with Crippen molar-refractivity contribution in [1.29, 1.82) is 0 Å². The number of rotatable bonds is 8. The van der Waals surface area contributed by atoms with Crippen LogP contribution >= 0.6 is 0 Å². The van der Waals surface area contributed by atoms with E-state index in [1.54, 1.807) is 27.7 Å². The number of aromatic nitrogens is 1. The third-order valence-corrected chi connectivity index (χ3v) is 18.1.